The molecular formula is C7H11N3O3. The van der Waals surface area contributed by atoms with Gasteiger partial charge in [0, 0.05) is 0 Å². The maximum atomic E-state index is 10.4. The van der Waals surface area contributed by atoms with E-state index in [0.29, 0.717) is 11.7 Å². The van der Waals surface area contributed by atoms with Gasteiger partial charge in [-0.25, -0.2) is 0 Å². The standard InChI is InChI=1S/C7H11N3O3/c1-4(7(11)12)8-3-6-9-5(2)10-13-6/h4,8H,3H2,1-2H3,(H,11,12). The molecule has 6 nitrogen and oxygen atoms in total. The van der Waals surface area contributed by atoms with Gasteiger partial charge in [-0.1, -0.05) is 5.16 Å². The Hall–Kier alpha value is -1.43. The Morgan fingerprint density at radius 1 is 1.77 bits per heavy atom. The van der Waals surface area contributed by atoms with E-state index in [1.165, 1.54) is 0 Å². The topological polar surface area (TPSA) is 88.2 Å². The van der Waals surface area contributed by atoms with Gasteiger partial charge in [0.15, 0.2) is 5.82 Å². The predicted octanol–water partition coefficient (Wildman–Crippen LogP) is -0.0593. The molecule has 0 aromatic carbocycles. The number of carboxylic acid groups (broad SMARTS) is 1. The summed E-state index contributed by atoms with van der Waals surface area (Å²) in [7, 11) is 0. The number of rotatable bonds is 4. The van der Waals surface area contributed by atoms with Crippen LogP contribution < -0.4 is 5.32 Å². The molecule has 72 valence electrons. The number of nitrogens with zero attached hydrogens (tertiary/aromatic N) is 2. The second-order valence-corrected chi connectivity index (χ2v) is 2.68. The van der Waals surface area contributed by atoms with Crippen LogP contribution in [0, 0.1) is 6.92 Å². The normalized spacial score (nSPS) is 12.8. The first-order valence-electron chi connectivity index (χ1n) is 3.85. The van der Waals surface area contributed by atoms with E-state index in [-0.39, 0.29) is 6.54 Å². The van der Waals surface area contributed by atoms with Gasteiger partial charge in [-0.15, -0.1) is 0 Å². The molecule has 0 aliphatic rings. The molecule has 0 saturated carbocycles. The summed E-state index contributed by atoms with van der Waals surface area (Å²) < 4.78 is 4.78. The summed E-state index contributed by atoms with van der Waals surface area (Å²) in [4.78, 5) is 14.3. The van der Waals surface area contributed by atoms with E-state index in [0.717, 1.165) is 0 Å². The molecule has 13 heavy (non-hydrogen) atoms. The van der Waals surface area contributed by atoms with Crippen molar-refractivity contribution in [1.29, 1.82) is 0 Å². The summed E-state index contributed by atoms with van der Waals surface area (Å²) in [5.41, 5.74) is 0. The number of hydrogen-bond acceptors (Lipinski definition) is 5. The molecule has 0 bridgehead atoms. The fourth-order valence-corrected chi connectivity index (χ4v) is 0.740. The zero-order chi connectivity index (χ0) is 9.84. The average Bonchev–Trinajstić information content (AvgIpc) is 2.47. The molecule has 6 heteroatoms. The molecule has 1 atom stereocenters. The number of carbonyl (C=O) groups is 1. The average molecular weight is 185 g/mol. The predicted molar refractivity (Wildman–Crippen MR) is 43.0 cm³/mol. The molecule has 0 aliphatic heterocycles. The summed E-state index contributed by atoms with van der Waals surface area (Å²) in [5.74, 6) is 0.0293. The van der Waals surface area contributed by atoms with Crippen LogP contribution in [0.1, 0.15) is 18.6 Å². The van der Waals surface area contributed by atoms with Crippen molar-refractivity contribution in [1.82, 2.24) is 15.5 Å². The van der Waals surface area contributed by atoms with Crippen LogP contribution in [0.4, 0.5) is 0 Å². The van der Waals surface area contributed by atoms with Crippen molar-refractivity contribution >= 4 is 5.97 Å². The molecule has 1 aromatic rings. The molecular weight excluding hydrogens is 174 g/mol. The quantitative estimate of drug-likeness (QED) is 0.683. The SMILES string of the molecule is Cc1noc(CNC(C)C(=O)O)n1. The van der Waals surface area contributed by atoms with Crippen LogP contribution in [-0.2, 0) is 11.3 Å². The Labute approximate surface area is 74.9 Å². The number of nitrogens with one attached hydrogen (secondary N) is 1. The van der Waals surface area contributed by atoms with E-state index in [9.17, 15) is 4.79 Å². The maximum absolute atomic E-state index is 10.4. The molecule has 0 amide bonds. The van der Waals surface area contributed by atoms with E-state index in [2.05, 4.69) is 15.5 Å². The lowest BCUT2D eigenvalue weighted by Crippen LogP contribution is -2.33. The van der Waals surface area contributed by atoms with Gasteiger partial charge in [-0.3, -0.25) is 10.1 Å². The van der Waals surface area contributed by atoms with Crippen LogP contribution in [0.3, 0.4) is 0 Å². The van der Waals surface area contributed by atoms with Crippen LogP contribution in [0.2, 0.25) is 0 Å². The Kier molecular flexibility index (Phi) is 2.97. The highest BCUT2D eigenvalue weighted by atomic mass is 16.5. The van der Waals surface area contributed by atoms with Crippen molar-refractivity contribution < 1.29 is 14.4 Å². The molecule has 0 saturated heterocycles. The third kappa shape index (κ3) is 2.83. The number of aromatic nitrogens is 2. The fraction of sp³-hybridized carbons (Fsp3) is 0.571. The van der Waals surface area contributed by atoms with E-state index >= 15 is 0 Å². The van der Waals surface area contributed by atoms with Gasteiger partial charge < -0.3 is 9.63 Å². The van der Waals surface area contributed by atoms with Gasteiger partial charge in [-0.2, -0.15) is 4.98 Å². The van der Waals surface area contributed by atoms with Crippen molar-refractivity contribution in [2.75, 3.05) is 0 Å². The minimum absolute atomic E-state index is 0.272. The van der Waals surface area contributed by atoms with E-state index in [1.54, 1.807) is 13.8 Å². The van der Waals surface area contributed by atoms with Gasteiger partial charge in [-0.05, 0) is 13.8 Å². The Morgan fingerprint density at radius 3 is 2.92 bits per heavy atom. The molecule has 0 spiro atoms. The third-order valence-corrected chi connectivity index (χ3v) is 1.50. The third-order valence-electron chi connectivity index (χ3n) is 1.50. The van der Waals surface area contributed by atoms with Crippen molar-refractivity contribution in [2.45, 2.75) is 26.4 Å². The van der Waals surface area contributed by atoms with Crippen molar-refractivity contribution in [3.8, 4) is 0 Å². The van der Waals surface area contributed by atoms with Crippen LogP contribution in [0.15, 0.2) is 4.52 Å². The van der Waals surface area contributed by atoms with Gasteiger partial charge in [0.2, 0.25) is 5.89 Å². The smallest absolute Gasteiger partial charge is 0.320 e. The highest BCUT2D eigenvalue weighted by Crippen LogP contribution is 1.95. The van der Waals surface area contributed by atoms with Gasteiger partial charge >= 0.3 is 5.97 Å². The molecule has 0 aliphatic carbocycles. The molecule has 1 rings (SSSR count). The second-order valence-electron chi connectivity index (χ2n) is 2.68. The van der Waals surface area contributed by atoms with Crippen LogP contribution in [0.25, 0.3) is 0 Å². The zero-order valence-electron chi connectivity index (χ0n) is 7.44. The first kappa shape index (κ1) is 9.66. The summed E-state index contributed by atoms with van der Waals surface area (Å²) in [5, 5.41) is 14.8. The Bertz CT molecular complexity index is 297. The van der Waals surface area contributed by atoms with Crippen molar-refractivity contribution in [2.24, 2.45) is 0 Å². The van der Waals surface area contributed by atoms with Gasteiger partial charge in [0.05, 0.1) is 6.54 Å². The minimum Gasteiger partial charge on any atom is -0.480 e. The summed E-state index contributed by atoms with van der Waals surface area (Å²) in [6.07, 6.45) is 0. The summed E-state index contributed by atoms with van der Waals surface area (Å²) >= 11 is 0. The number of aliphatic carboxylic acids is 1. The fourth-order valence-electron chi connectivity index (χ4n) is 0.740. The number of hydrogen-bond donors (Lipinski definition) is 2. The first-order valence-corrected chi connectivity index (χ1v) is 3.85. The zero-order valence-corrected chi connectivity index (χ0v) is 7.44. The highest BCUT2D eigenvalue weighted by molar-refractivity contribution is 5.72. The van der Waals surface area contributed by atoms with Crippen molar-refractivity contribution in [3.63, 3.8) is 0 Å². The number of carboxylic acids is 1. The molecule has 1 heterocycles. The lowest BCUT2D eigenvalue weighted by molar-refractivity contribution is -0.139. The molecule has 0 radical (unpaired) electrons. The first-order chi connectivity index (χ1) is 6.09. The Morgan fingerprint density at radius 2 is 2.46 bits per heavy atom. The van der Waals surface area contributed by atoms with Crippen LogP contribution >= 0.6 is 0 Å². The molecule has 1 aromatic heterocycles. The monoisotopic (exact) mass is 185 g/mol. The van der Waals surface area contributed by atoms with E-state index in [1.807, 2.05) is 0 Å². The lowest BCUT2D eigenvalue weighted by Gasteiger charge is -2.04. The van der Waals surface area contributed by atoms with Gasteiger partial charge in [0.1, 0.15) is 6.04 Å². The molecule has 0 fully saturated rings. The summed E-state index contributed by atoms with van der Waals surface area (Å²) in [6.45, 7) is 3.52. The minimum atomic E-state index is -0.906. The van der Waals surface area contributed by atoms with Crippen LogP contribution in [-0.4, -0.2) is 27.3 Å². The van der Waals surface area contributed by atoms with E-state index < -0.39 is 12.0 Å². The maximum Gasteiger partial charge on any atom is 0.320 e. The van der Waals surface area contributed by atoms with Crippen molar-refractivity contribution in [3.05, 3.63) is 11.7 Å². The second kappa shape index (κ2) is 3.99. The lowest BCUT2D eigenvalue weighted by atomic mass is 10.3. The largest absolute Gasteiger partial charge is 0.480 e. The Balaban J connectivity index is 2.39. The molecule has 2 N–H and O–H groups in total. The molecule has 1 unspecified atom stereocenters. The van der Waals surface area contributed by atoms with E-state index in [4.69, 9.17) is 9.63 Å². The highest BCUT2D eigenvalue weighted by Gasteiger charge is 2.11. The van der Waals surface area contributed by atoms with Crippen LogP contribution in [0.5, 0.6) is 0 Å². The van der Waals surface area contributed by atoms with Gasteiger partial charge in [0.25, 0.3) is 0 Å². The summed E-state index contributed by atoms with van der Waals surface area (Å²) in [6, 6.07) is -0.618. The number of aryl methyl sites for hydroxylation is 1.